The molecule has 5 rings (SSSR count). The fraction of sp³-hybridized carbons (Fsp3) is 0.371. The number of methoxy groups -OCH3 is 2. The molecule has 1 N–H and O–H groups in total. The zero-order valence-corrected chi connectivity index (χ0v) is 28.6. The Morgan fingerprint density at radius 2 is 1.44 bits per heavy atom. The highest BCUT2D eigenvalue weighted by molar-refractivity contribution is 7.48. The molecule has 13 heteroatoms. The molecule has 3 aromatic carbocycles. The summed E-state index contributed by atoms with van der Waals surface area (Å²) in [5.74, 6) is 1.29. The van der Waals surface area contributed by atoms with E-state index < -0.39 is 48.8 Å². The molecule has 48 heavy (non-hydrogen) atoms. The second-order valence-corrected chi connectivity index (χ2v) is 13.7. The summed E-state index contributed by atoms with van der Waals surface area (Å²) in [7, 11) is -1.96. The van der Waals surface area contributed by atoms with Crippen LogP contribution in [-0.4, -0.2) is 48.2 Å². The van der Waals surface area contributed by atoms with Gasteiger partial charge in [0, 0.05) is 18.2 Å². The van der Waals surface area contributed by atoms with Gasteiger partial charge in [0.05, 0.1) is 26.4 Å². The van der Waals surface area contributed by atoms with Crippen LogP contribution in [0.25, 0.3) is 0 Å². The highest BCUT2D eigenvalue weighted by Gasteiger charge is 2.46. The zero-order chi connectivity index (χ0) is 34.7. The van der Waals surface area contributed by atoms with Crippen LogP contribution in [0.15, 0.2) is 94.6 Å². The number of benzene rings is 3. The van der Waals surface area contributed by atoms with Crippen molar-refractivity contribution in [2.45, 2.75) is 63.8 Å². The lowest BCUT2D eigenvalue weighted by Gasteiger charge is -2.37. The lowest BCUT2D eigenvalue weighted by Crippen LogP contribution is -2.38. The Morgan fingerprint density at radius 1 is 0.896 bits per heavy atom. The molecule has 0 amide bonds. The monoisotopic (exact) mass is 682 g/mol. The van der Waals surface area contributed by atoms with E-state index in [1.54, 1.807) is 41.9 Å². The number of rotatable bonds is 12. The molecule has 256 valence electrons. The minimum Gasteiger partial charge on any atom is -0.497 e. The third-order valence-corrected chi connectivity index (χ3v) is 9.21. The van der Waals surface area contributed by atoms with Crippen LogP contribution in [0.1, 0.15) is 55.7 Å². The molecule has 1 saturated heterocycles. The second kappa shape index (κ2) is 14.2. The average Bonchev–Trinajstić information content (AvgIpc) is 3.44. The first-order chi connectivity index (χ1) is 22.7. The highest BCUT2D eigenvalue weighted by atomic mass is 31.2. The van der Waals surface area contributed by atoms with Crippen molar-refractivity contribution in [2.75, 3.05) is 20.8 Å². The van der Waals surface area contributed by atoms with Crippen LogP contribution in [-0.2, 0) is 28.7 Å². The predicted octanol–water partition coefficient (Wildman–Crippen LogP) is 6.44. The zero-order valence-electron chi connectivity index (χ0n) is 27.7. The van der Waals surface area contributed by atoms with Crippen molar-refractivity contribution in [3.05, 3.63) is 128 Å². The maximum Gasteiger partial charge on any atom is 0.513 e. The largest absolute Gasteiger partial charge is 0.513 e. The van der Waals surface area contributed by atoms with Gasteiger partial charge in [0.2, 0.25) is 0 Å². The molecule has 11 nitrogen and oxygen atoms in total. The number of hydrogen-bond donors (Lipinski definition) is 1. The molecule has 1 fully saturated rings. The Kier molecular flexibility index (Phi) is 10.4. The van der Waals surface area contributed by atoms with Crippen LogP contribution < -0.4 is 20.7 Å². The van der Waals surface area contributed by atoms with Crippen molar-refractivity contribution in [3.8, 4) is 11.5 Å². The molecule has 4 aromatic rings. The predicted molar refractivity (Wildman–Crippen MR) is 177 cm³/mol. The Morgan fingerprint density at radius 3 is 1.96 bits per heavy atom. The molecule has 1 unspecified atom stereocenters. The normalized spacial score (nSPS) is 19.5. The van der Waals surface area contributed by atoms with Crippen molar-refractivity contribution in [1.82, 2.24) is 9.55 Å². The van der Waals surface area contributed by atoms with Gasteiger partial charge in [-0.2, -0.15) is 0 Å². The van der Waals surface area contributed by atoms with Crippen LogP contribution in [0, 0.1) is 6.92 Å². The molecule has 0 radical (unpaired) electrons. The van der Waals surface area contributed by atoms with Crippen molar-refractivity contribution in [3.63, 3.8) is 0 Å². The van der Waals surface area contributed by atoms with Crippen LogP contribution >= 0.6 is 7.91 Å². The molecule has 1 aliphatic rings. The van der Waals surface area contributed by atoms with Crippen LogP contribution in [0.2, 0.25) is 0 Å². The van der Waals surface area contributed by atoms with Gasteiger partial charge in [0.15, 0.2) is 0 Å². The van der Waals surface area contributed by atoms with Crippen molar-refractivity contribution >= 4 is 7.91 Å². The Labute approximate surface area is 278 Å². The van der Waals surface area contributed by atoms with Crippen LogP contribution in [0.5, 0.6) is 11.5 Å². The van der Waals surface area contributed by atoms with Gasteiger partial charge in [-0.3, -0.25) is 23.4 Å². The SMILES string of the molecule is COc1ccc(C(OC[C@H]2O[C@@H](n3cc(C)c(=O)[nH]c3=O)C[C@@H]2OP(=O)(F)OC(C)(C)C)(c2ccccc2)c2ccc(OC)cc2)cc1. The minimum atomic E-state index is -5.11. The standard InChI is InChI=1S/C35H40FN2O9P/c1-23-21-38(33(40)37-32(23)39)31-20-29(46-48(36,41)47-34(2,3)4)30(45-31)22-44-35(24-10-8-7-9-11-24,25-12-16-27(42-5)17-13-25)26-14-18-28(43-6)19-15-26/h7-19,21,29-31H,20,22H2,1-6H3,(H,37,39,40)/t29-,30+,31+,48?/m0/s1. The highest BCUT2D eigenvalue weighted by Crippen LogP contribution is 2.56. The summed E-state index contributed by atoms with van der Waals surface area (Å²) in [4.78, 5) is 27.2. The summed E-state index contributed by atoms with van der Waals surface area (Å²) in [6, 6.07) is 24.4. The number of H-pyrrole nitrogens is 1. The number of aromatic nitrogens is 2. The van der Waals surface area contributed by atoms with Gasteiger partial charge in [-0.15, -0.1) is 4.20 Å². The lowest BCUT2D eigenvalue weighted by molar-refractivity contribution is -0.0944. The van der Waals surface area contributed by atoms with Gasteiger partial charge in [0.25, 0.3) is 5.56 Å². The molecule has 1 aromatic heterocycles. The van der Waals surface area contributed by atoms with E-state index in [1.165, 1.54) is 10.8 Å². The summed E-state index contributed by atoms with van der Waals surface area (Å²) >= 11 is 0. The van der Waals surface area contributed by atoms with Crippen molar-refractivity contribution in [2.24, 2.45) is 0 Å². The first-order valence-corrected chi connectivity index (χ1v) is 16.8. The van der Waals surface area contributed by atoms with E-state index in [4.69, 9.17) is 28.0 Å². The van der Waals surface area contributed by atoms with Crippen LogP contribution in [0.3, 0.4) is 0 Å². The number of nitrogens with one attached hydrogen (secondary N) is 1. The van der Waals surface area contributed by atoms with E-state index in [1.807, 2.05) is 78.9 Å². The van der Waals surface area contributed by atoms with Crippen molar-refractivity contribution in [1.29, 1.82) is 0 Å². The minimum absolute atomic E-state index is 0.0930. The Hall–Kier alpha value is -4.06. The molecule has 0 bridgehead atoms. The second-order valence-electron chi connectivity index (χ2n) is 12.4. The van der Waals surface area contributed by atoms with Gasteiger partial charge in [-0.1, -0.05) is 54.6 Å². The van der Waals surface area contributed by atoms with Gasteiger partial charge in [0.1, 0.15) is 35.5 Å². The Balaban J connectivity index is 1.59. The van der Waals surface area contributed by atoms with E-state index in [9.17, 15) is 14.2 Å². The van der Waals surface area contributed by atoms with Crippen LogP contribution in [0.4, 0.5) is 4.20 Å². The Bertz CT molecular complexity index is 1810. The molecular formula is C35H40FN2O9P. The van der Waals surface area contributed by atoms with Gasteiger partial charge in [-0.05, 0) is 68.7 Å². The number of hydrogen-bond acceptors (Lipinski definition) is 9. The molecule has 4 atom stereocenters. The number of halogens is 1. The fourth-order valence-electron chi connectivity index (χ4n) is 5.72. The first kappa shape index (κ1) is 35.3. The number of aryl methyl sites for hydroxylation is 1. The summed E-state index contributed by atoms with van der Waals surface area (Å²) in [6.45, 7) is 6.00. The first-order valence-electron chi connectivity index (χ1n) is 15.4. The molecule has 0 saturated carbocycles. The maximum atomic E-state index is 15.4. The van der Waals surface area contributed by atoms with Crippen molar-refractivity contribution < 1.29 is 36.8 Å². The third-order valence-electron chi connectivity index (χ3n) is 7.92. The lowest BCUT2D eigenvalue weighted by atomic mass is 9.80. The van der Waals surface area contributed by atoms with Gasteiger partial charge in [-0.25, -0.2) is 9.36 Å². The topological polar surface area (TPSA) is 127 Å². The quantitative estimate of drug-likeness (QED) is 0.133. The third kappa shape index (κ3) is 7.80. The summed E-state index contributed by atoms with van der Waals surface area (Å²) < 4.78 is 64.4. The number of aromatic amines is 1. The fourth-order valence-corrected chi connectivity index (χ4v) is 6.97. The van der Waals surface area contributed by atoms with Gasteiger partial charge < -0.3 is 18.9 Å². The summed E-state index contributed by atoms with van der Waals surface area (Å²) in [5, 5.41) is 0. The number of nitrogens with zero attached hydrogens (tertiary/aromatic N) is 1. The van der Waals surface area contributed by atoms with E-state index >= 15 is 4.20 Å². The molecular weight excluding hydrogens is 642 g/mol. The van der Waals surface area contributed by atoms with E-state index in [-0.39, 0.29) is 18.6 Å². The average molecular weight is 683 g/mol. The smallest absolute Gasteiger partial charge is 0.497 e. The summed E-state index contributed by atoms with van der Waals surface area (Å²) in [6.07, 6.45) is -1.96. The molecule has 1 aliphatic heterocycles. The molecule has 0 aliphatic carbocycles. The maximum absolute atomic E-state index is 15.4. The summed E-state index contributed by atoms with van der Waals surface area (Å²) in [5.41, 5.74) is -1.11. The molecule has 2 heterocycles. The van der Waals surface area contributed by atoms with Gasteiger partial charge >= 0.3 is 13.6 Å². The van der Waals surface area contributed by atoms with E-state index in [2.05, 4.69) is 4.98 Å². The van der Waals surface area contributed by atoms with E-state index in [0.29, 0.717) is 11.5 Å². The van der Waals surface area contributed by atoms with E-state index in [0.717, 1.165) is 16.7 Å². The molecule has 0 spiro atoms. The number of ether oxygens (including phenoxy) is 4.